The molecule has 1 aliphatic heterocycles. The number of piperidine rings is 1. The van der Waals surface area contributed by atoms with E-state index >= 15 is 0 Å². The van der Waals surface area contributed by atoms with Crippen molar-refractivity contribution in [2.45, 2.75) is 65.7 Å². The summed E-state index contributed by atoms with van der Waals surface area (Å²) in [5, 5.41) is 8.20. The molecular formula is C35H38BrCl2F2N9O2. The SMILES string of the molecule is [2H]C([2H])([2H])C(n1nc(Br)nc1Oc1cc(F)cc(Cl)c1)C([2H])([2H])[2H].[2H]C([2H])([2H])C(n1nc(CC2[C@@H]3CC[C@H]2CN(c2cc(C)ncn2)C3)nc1Oc1cc(F)cc(Cl)c1)C([2H])([2H])[2H]. The second-order valence-corrected chi connectivity index (χ2v) is 13.6. The lowest BCUT2D eigenvalue weighted by molar-refractivity contribution is 0.264. The van der Waals surface area contributed by atoms with E-state index in [1.54, 1.807) is 6.33 Å². The number of nitrogens with zero attached hydrogens (tertiary/aromatic N) is 9. The fourth-order valence-corrected chi connectivity index (χ4v) is 7.01. The second kappa shape index (κ2) is 15.8. The van der Waals surface area contributed by atoms with E-state index in [9.17, 15) is 8.78 Å². The van der Waals surface area contributed by atoms with Crippen LogP contribution in [0, 0.1) is 36.3 Å². The van der Waals surface area contributed by atoms with Crippen molar-refractivity contribution in [3.05, 3.63) is 86.7 Å². The lowest BCUT2D eigenvalue weighted by atomic mass is 9.82. The number of ether oxygens (including phenoxy) is 2. The van der Waals surface area contributed by atoms with E-state index in [2.05, 4.69) is 51.0 Å². The molecule has 0 N–H and O–H groups in total. The van der Waals surface area contributed by atoms with Gasteiger partial charge in [-0.15, -0.1) is 5.10 Å². The van der Waals surface area contributed by atoms with Crippen molar-refractivity contribution in [3.63, 3.8) is 0 Å². The van der Waals surface area contributed by atoms with Gasteiger partial charge in [0.1, 0.15) is 35.3 Å². The first-order valence-corrected chi connectivity index (χ1v) is 17.1. The Hall–Kier alpha value is -3.88. The monoisotopic (exact) mass is 815 g/mol. The number of hydrogen-bond acceptors (Lipinski definition) is 9. The standard InChI is InChI=1S/C24H28ClFN6O.C11H10BrClFN3O/c1-14(2)32-24(33-20-8-18(25)7-19(26)9-20)29-22(30-32)10-21-16-4-5-17(21)12-31(11-16)23-6-15(3)27-13-28-23;1-6(2)17-11(15-10(12)16-17)18-9-4-7(13)3-8(14)5-9/h6-9,13-14,16-17,21H,4-5,10-12H2,1-3H3;3-6H,1-2H3/t16-,17+,21?;/i2*1D3,2D3. The van der Waals surface area contributed by atoms with Crippen LogP contribution in [0.5, 0.6) is 23.5 Å². The maximum atomic E-state index is 14.0. The zero-order chi connectivity index (χ0) is 46.4. The maximum Gasteiger partial charge on any atom is 0.321 e. The summed E-state index contributed by atoms with van der Waals surface area (Å²) in [6.45, 7) is -8.15. The second-order valence-electron chi connectivity index (χ2n) is 12.0. The summed E-state index contributed by atoms with van der Waals surface area (Å²) in [4.78, 5) is 19.1. The van der Waals surface area contributed by atoms with Crippen molar-refractivity contribution in [2.75, 3.05) is 18.0 Å². The van der Waals surface area contributed by atoms with Crippen LogP contribution < -0.4 is 14.4 Å². The molecule has 5 aromatic rings. The molecule has 0 amide bonds. The fourth-order valence-electron chi connectivity index (χ4n) is 6.26. The third kappa shape index (κ3) is 9.14. The minimum Gasteiger partial charge on any atom is -0.424 e. The van der Waals surface area contributed by atoms with E-state index in [-0.39, 0.29) is 44.0 Å². The molecule has 1 saturated carbocycles. The third-order valence-electron chi connectivity index (χ3n) is 8.36. The predicted molar refractivity (Wildman–Crippen MR) is 194 cm³/mol. The average Bonchev–Trinajstić information content (AvgIpc) is 3.71. The van der Waals surface area contributed by atoms with Gasteiger partial charge >= 0.3 is 12.0 Å². The topological polar surface area (TPSA) is 109 Å². The Kier molecular flexibility index (Phi) is 7.55. The van der Waals surface area contributed by atoms with E-state index in [0.29, 0.717) is 22.9 Å². The zero-order valence-corrected chi connectivity index (χ0v) is 29.9. The average molecular weight is 818 g/mol. The molecule has 2 fully saturated rings. The summed E-state index contributed by atoms with van der Waals surface area (Å²) in [7, 11) is 0. The summed E-state index contributed by atoms with van der Waals surface area (Å²) in [5.41, 5.74) is 0.898. The molecule has 2 aromatic carbocycles. The highest BCUT2D eigenvalue weighted by Crippen LogP contribution is 2.44. The van der Waals surface area contributed by atoms with Gasteiger partial charge in [0, 0.05) is 69.9 Å². The van der Waals surface area contributed by atoms with Gasteiger partial charge in [-0.2, -0.15) is 15.1 Å². The molecule has 0 radical (unpaired) electrons. The van der Waals surface area contributed by atoms with E-state index < -0.39 is 57.1 Å². The molecule has 0 spiro atoms. The highest BCUT2D eigenvalue weighted by molar-refractivity contribution is 9.10. The molecule has 3 aromatic heterocycles. The van der Waals surface area contributed by atoms with E-state index in [4.69, 9.17) is 49.1 Å². The van der Waals surface area contributed by atoms with Crippen LogP contribution in [0.1, 0.15) is 80.3 Å². The van der Waals surface area contributed by atoms with Crippen molar-refractivity contribution >= 4 is 44.9 Å². The number of anilines is 1. The number of aryl methyl sites for hydroxylation is 1. The first kappa shape index (κ1) is 24.4. The number of hydrogen-bond donors (Lipinski definition) is 0. The minimum atomic E-state index is -2.94. The molecule has 11 nitrogen and oxygen atoms in total. The molecule has 270 valence electrons. The van der Waals surface area contributed by atoms with Gasteiger partial charge in [-0.1, -0.05) is 23.2 Å². The molecule has 2 aliphatic rings. The molecule has 7 rings (SSSR count). The molecule has 1 saturated heterocycles. The Morgan fingerprint density at radius 1 is 0.824 bits per heavy atom. The summed E-state index contributed by atoms with van der Waals surface area (Å²) in [6, 6.07) is 3.94. The van der Waals surface area contributed by atoms with Crippen LogP contribution in [0.25, 0.3) is 0 Å². The van der Waals surface area contributed by atoms with Crippen molar-refractivity contribution in [3.8, 4) is 23.5 Å². The van der Waals surface area contributed by atoms with Crippen molar-refractivity contribution in [1.82, 2.24) is 39.5 Å². The van der Waals surface area contributed by atoms with Gasteiger partial charge in [0.25, 0.3) is 0 Å². The molecule has 51 heavy (non-hydrogen) atoms. The molecule has 3 atom stereocenters. The molecule has 4 heterocycles. The van der Waals surface area contributed by atoms with Crippen LogP contribution in [0.3, 0.4) is 0 Å². The largest absolute Gasteiger partial charge is 0.424 e. The number of halogens is 5. The van der Waals surface area contributed by atoms with Crippen molar-refractivity contribution in [2.24, 2.45) is 17.8 Å². The highest BCUT2D eigenvalue weighted by atomic mass is 79.9. The van der Waals surface area contributed by atoms with Crippen LogP contribution in [0.2, 0.25) is 10.0 Å². The fraction of sp³-hybridized carbons (Fsp3) is 0.429. The highest BCUT2D eigenvalue weighted by Gasteiger charge is 2.43. The number of fused-ring (bicyclic) bond motifs is 2. The Labute approximate surface area is 330 Å². The van der Waals surface area contributed by atoms with Gasteiger partial charge in [-0.25, -0.2) is 28.1 Å². The van der Waals surface area contributed by atoms with Gasteiger partial charge in [-0.3, -0.25) is 0 Å². The smallest absolute Gasteiger partial charge is 0.321 e. The van der Waals surface area contributed by atoms with Gasteiger partial charge in [0.05, 0.1) is 12.1 Å². The molecule has 16 heteroatoms. The Morgan fingerprint density at radius 3 is 1.94 bits per heavy atom. The number of benzene rings is 2. The van der Waals surface area contributed by atoms with Crippen LogP contribution in [0.15, 0.2) is 53.5 Å². The summed E-state index contributed by atoms with van der Waals surface area (Å²) in [6.07, 6.45) is 4.03. The Morgan fingerprint density at radius 2 is 1.39 bits per heavy atom. The van der Waals surface area contributed by atoms with Gasteiger partial charge in [0.2, 0.25) is 4.73 Å². The molecule has 1 aliphatic carbocycles. The van der Waals surface area contributed by atoms with Crippen molar-refractivity contribution in [1.29, 1.82) is 0 Å². The summed E-state index contributed by atoms with van der Waals surface area (Å²) >= 11 is 14.6. The predicted octanol–water partition coefficient (Wildman–Crippen LogP) is 9.45. The van der Waals surface area contributed by atoms with Crippen LogP contribution >= 0.6 is 39.1 Å². The van der Waals surface area contributed by atoms with Crippen molar-refractivity contribution < 1.29 is 34.7 Å². The quantitative estimate of drug-likeness (QED) is 0.144. The van der Waals surface area contributed by atoms with Crippen LogP contribution in [-0.2, 0) is 6.42 Å². The van der Waals surface area contributed by atoms with Crippen LogP contribution in [-0.4, -0.2) is 52.6 Å². The number of aromatic nitrogens is 8. The molecule has 2 bridgehead atoms. The van der Waals surface area contributed by atoms with E-state index in [1.165, 1.54) is 12.1 Å². The zero-order valence-electron chi connectivity index (χ0n) is 38.8. The van der Waals surface area contributed by atoms with Crippen LogP contribution in [0.4, 0.5) is 14.6 Å². The normalized spacial score (nSPS) is 22.7. The Bertz CT molecular complexity index is 2340. The summed E-state index contributed by atoms with van der Waals surface area (Å²) < 4.78 is 132. The molecule has 1 unspecified atom stereocenters. The lowest BCUT2D eigenvalue weighted by Gasteiger charge is -2.38. The first-order valence-electron chi connectivity index (χ1n) is 21.5. The molecular weight excluding hydrogens is 767 g/mol. The summed E-state index contributed by atoms with van der Waals surface area (Å²) in [5.74, 6) is 0.550. The van der Waals surface area contributed by atoms with Gasteiger partial charge in [0.15, 0.2) is 5.82 Å². The maximum absolute atomic E-state index is 14.0. The van der Waals surface area contributed by atoms with Gasteiger partial charge in [-0.05, 0) is 105 Å². The van der Waals surface area contributed by atoms with E-state index in [1.807, 2.05) is 13.0 Å². The first-order chi connectivity index (χ1) is 29.1. The van der Waals surface area contributed by atoms with E-state index in [0.717, 1.165) is 66.4 Å². The third-order valence-corrected chi connectivity index (χ3v) is 9.13. The number of rotatable bonds is 9. The minimum absolute atomic E-state index is 0.0401. The lowest BCUT2D eigenvalue weighted by Crippen LogP contribution is -2.43. The Balaban J connectivity index is 0.000000236. The van der Waals surface area contributed by atoms with Gasteiger partial charge < -0.3 is 14.4 Å².